The van der Waals surface area contributed by atoms with Gasteiger partial charge in [0.15, 0.2) is 0 Å². The van der Waals surface area contributed by atoms with Crippen molar-refractivity contribution in [2.24, 2.45) is 0 Å². The maximum Gasteiger partial charge on any atom is 0.254 e. The van der Waals surface area contributed by atoms with Crippen LogP contribution < -0.4 is 10.6 Å². The summed E-state index contributed by atoms with van der Waals surface area (Å²) >= 11 is 0. The number of nitrogens with one attached hydrogen (secondary N) is 2. The van der Waals surface area contributed by atoms with Gasteiger partial charge in [-0.15, -0.1) is 12.4 Å². The van der Waals surface area contributed by atoms with E-state index >= 15 is 0 Å². The number of carbonyl (C=O) groups excluding carboxylic acids is 2. The van der Waals surface area contributed by atoms with E-state index in [-0.39, 0.29) is 30.8 Å². The molecule has 0 spiro atoms. The molecule has 2 N–H and O–H groups in total. The molecule has 1 aromatic carbocycles. The van der Waals surface area contributed by atoms with E-state index in [2.05, 4.69) is 10.6 Å². The van der Waals surface area contributed by atoms with E-state index in [1.165, 1.54) is 0 Å². The number of hydrogen-bond donors (Lipinski definition) is 2. The number of nitrogens with zero attached hydrogens (tertiary/aromatic N) is 1. The Morgan fingerprint density at radius 3 is 2.59 bits per heavy atom. The van der Waals surface area contributed by atoms with Gasteiger partial charge in [-0.3, -0.25) is 9.59 Å². The zero-order valence-corrected chi connectivity index (χ0v) is 13.7. The second kappa shape index (κ2) is 8.73. The number of halogens is 1. The Balaban J connectivity index is 0.00000242. The van der Waals surface area contributed by atoms with Crippen molar-refractivity contribution in [3.8, 4) is 0 Å². The lowest BCUT2D eigenvalue weighted by Gasteiger charge is -2.27. The normalized spacial score (nSPS) is 14.2. The smallest absolute Gasteiger partial charge is 0.254 e. The number of ether oxygens (including phenoxy) is 1. The summed E-state index contributed by atoms with van der Waals surface area (Å²) in [4.78, 5) is 26.0. The number of benzene rings is 1. The van der Waals surface area contributed by atoms with Gasteiger partial charge in [-0.1, -0.05) is 6.07 Å². The summed E-state index contributed by atoms with van der Waals surface area (Å²) < 4.78 is 5.26. The Labute approximate surface area is 136 Å². The zero-order chi connectivity index (χ0) is 15.2. The van der Waals surface area contributed by atoms with Crippen molar-refractivity contribution in [3.63, 3.8) is 0 Å². The van der Waals surface area contributed by atoms with Crippen molar-refractivity contribution in [1.29, 1.82) is 0 Å². The predicted octanol–water partition coefficient (Wildman–Crippen LogP) is 1.05. The first-order valence-electron chi connectivity index (χ1n) is 7.04. The first-order chi connectivity index (χ1) is 10.1. The average molecular weight is 328 g/mol. The first-order valence-corrected chi connectivity index (χ1v) is 7.04. The van der Waals surface area contributed by atoms with Crippen molar-refractivity contribution in [3.05, 3.63) is 29.3 Å². The molecule has 1 aliphatic rings. The van der Waals surface area contributed by atoms with Gasteiger partial charge in [0.25, 0.3) is 5.91 Å². The molecular weight excluding hydrogens is 306 g/mol. The van der Waals surface area contributed by atoms with Crippen LogP contribution in [0.2, 0.25) is 0 Å². The van der Waals surface area contributed by atoms with Crippen molar-refractivity contribution < 1.29 is 14.3 Å². The fourth-order valence-electron chi connectivity index (χ4n) is 2.29. The zero-order valence-electron chi connectivity index (χ0n) is 12.8. The minimum Gasteiger partial charge on any atom is -0.378 e. The Morgan fingerprint density at radius 1 is 1.27 bits per heavy atom. The van der Waals surface area contributed by atoms with Crippen LogP contribution in [-0.2, 0) is 9.53 Å². The van der Waals surface area contributed by atoms with Gasteiger partial charge in [-0.2, -0.15) is 0 Å². The van der Waals surface area contributed by atoms with Gasteiger partial charge in [-0.25, -0.2) is 0 Å². The summed E-state index contributed by atoms with van der Waals surface area (Å²) in [5, 5.41) is 5.61. The summed E-state index contributed by atoms with van der Waals surface area (Å²) in [5.41, 5.74) is 2.09. The molecule has 22 heavy (non-hydrogen) atoms. The highest BCUT2D eigenvalue weighted by atomic mass is 35.5. The molecule has 1 aromatic rings. The molecule has 0 aliphatic carbocycles. The molecule has 0 atom stereocenters. The van der Waals surface area contributed by atoms with E-state index in [9.17, 15) is 9.59 Å². The molecule has 2 amide bonds. The van der Waals surface area contributed by atoms with Gasteiger partial charge in [-0.05, 0) is 31.7 Å². The summed E-state index contributed by atoms with van der Waals surface area (Å²) in [5.74, 6) is -0.142. The number of morpholine rings is 1. The van der Waals surface area contributed by atoms with Gasteiger partial charge >= 0.3 is 0 Å². The fourth-order valence-corrected chi connectivity index (χ4v) is 2.29. The van der Waals surface area contributed by atoms with Crippen LogP contribution in [0.3, 0.4) is 0 Å². The van der Waals surface area contributed by atoms with Crippen molar-refractivity contribution in [2.45, 2.75) is 6.92 Å². The van der Waals surface area contributed by atoms with E-state index in [0.717, 1.165) is 5.56 Å². The van der Waals surface area contributed by atoms with Crippen LogP contribution in [0.25, 0.3) is 0 Å². The number of rotatable bonds is 4. The van der Waals surface area contributed by atoms with Crippen molar-refractivity contribution in [2.75, 3.05) is 45.2 Å². The molecule has 1 saturated heterocycles. The quantitative estimate of drug-likeness (QED) is 0.867. The Morgan fingerprint density at radius 2 is 1.95 bits per heavy atom. The third-order valence-electron chi connectivity index (χ3n) is 3.47. The minimum absolute atomic E-state index is 0. The van der Waals surface area contributed by atoms with Crippen LogP contribution in [0, 0.1) is 6.92 Å². The maximum absolute atomic E-state index is 12.5. The van der Waals surface area contributed by atoms with Gasteiger partial charge in [0.2, 0.25) is 5.91 Å². The summed E-state index contributed by atoms with van der Waals surface area (Å²) in [6, 6.07) is 5.38. The molecule has 0 aromatic heterocycles. The summed E-state index contributed by atoms with van der Waals surface area (Å²) in [6.45, 7) is 4.44. The number of carbonyl (C=O) groups is 2. The SMILES string of the molecule is CNCC(=O)Nc1cccc(C(=O)N2CCOCC2)c1C.Cl. The monoisotopic (exact) mass is 327 g/mol. The van der Waals surface area contributed by atoms with Crippen LogP contribution in [0.1, 0.15) is 15.9 Å². The highest BCUT2D eigenvalue weighted by molar-refractivity contribution is 5.99. The number of likely N-dealkylation sites (N-methyl/N-ethyl adjacent to an activating group) is 1. The molecule has 6 nitrogen and oxygen atoms in total. The largest absolute Gasteiger partial charge is 0.378 e. The highest BCUT2D eigenvalue weighted by Crippen LogP contribution is 2.20. The molecule has 122 valence electrons. The molecule has 2 rings (SSSR count). The fraction of sp³-hybridized carbons (Fsp3) is 0.467. The molecule has 1 heterocycles. The molecule has 1 fully saturated rings. The Hall–Kier alpha value is -1.63. The van der Waals surface area contributed by atoms with Gasteiger partial charge in [0.05, 0.1) is 19.8 Å². The first kappa shape index (κ1) is 18.4. The number of amides is 2. The van der Waals surface area contributed by atoms with Gasteiger partial charge in [0.1, 0.15) is 0 Å². The summed E-state index contributed by atoms with van der Waals surface area (Å²) in [6.07, 6.45) is 0. The predicted molar refractivity (Wildman–Crippen MR) is 87.7 cm³/mol. The second-order valence-corrected chi connectivity index (χ2v) is 4.96. The molecule has 0 bridgehead atoms. The summed E-state index contributed by atoms with van der Waals surface area (Å²) in [7, 11) is 1.71. The Kier molecular flexibility index (Phi) is 7.31. The Bertz CT molecular complexity index is 531. The third-order valence-corrected chi connectivity index (χ3v) is 3.47. The molecule has 0 saturated carbocycles. The average Bonchev–Trinajstić information content (AvgIpc) is 2.50. The van der Waals surface area contributed by atoms with Crippen LogP contribution in [0.5, 0.6) is 0 Å². The third kappa shape index (κ3) is 4.43. The topological polar surface area (TPSA) is 70.7 Å². The standard InChI is InChI=1S/C15H21N3O3.ClH/c1-11-12(15(20)18-6-8-21-9-7-18)4-3-5-13(11)17-14(19)10-16-2;/h3-5,16H,6-10H2,1-2H3,(H,17,19);1H. The van der Waals surface area contributed by atoms with E-state index in [1.54, 1.807) is 30.1 Å². The van der Waals surface area contributed by atoms with E-state index in [0.29, 0.717) is 37.6 Å². The second-order valence-electron chi connectivity index (χ2n) is 4.96. The minimum atomic E-state index is -0.128. The van der Waals surface area contributed by atoms with Crippen LogP contribution in [-0.4, -0.2) is 56.6 Å². The van der Waals surface area contributed by atoms with Crippen molar-refractivity contribution in [1.82, 2.24) is 10.2 Å². The lowest BCUT2D eigenvalue weighted by atomic mass is 10.0. The van der Waals surface area contributed by atoms with Gasteiger partial charge in [0, 0.05) is 24.3 Å². The number of anilines is 1. The van der Waals surface area contributed by atoms with E-state index < -0.39 is 0 Å². The van der Waals surface area contributed by atoms with Crippen LogP contribution in [0.15, 0.2) is 18.2 Å². The highest BCUT2D eigenvalue weighted by Gasteiger charge is 2.21. The molecule has 7 heteroatoms. The van der Waals surface area contributed by atoms with E-state index in [1.807, 2.05) is 6.92 Å². The van der Waals surface area contributed by atoms with Crippen molar-refractivity contribution >= 4 is 29.9 Å². The molecule has 0 radical (unpaired) electrons. The molecule has 1 aliphatic heterocycles. The molecular formula is C15H22ClN3O3. The van der Waals surface area contributed by atoms with E-state index in [4.69, 9.17) is 4.74 Å². The number of hydrogen-bond acceptors (Lipinski definition) is 4. The van der Waals surface area contributed by atoms with Crippen LogP contribution in [0.4, 0.5) is 5.69 Å². The lowest BCUT2D eigenvalue weighted by molar-refractivity contribution is -0.115. The van der Waals surface area contributed by atoms with Gasteiger partial charge < -0.3 is 20.3 Å². The lowest BCUT2D eigenvalue weighted by Crippen LogP contribution is -2.41. The maximum atomic E-state index is 12.5. The molecule has 0 unspecified atom stereocenters. The van der Waals surface area contributed by atoms with Crippen LogP contribution >= 0.6 is 12.4 Å².